The van der Waals surface area contributed by atoms with Gasteiger partial charge in [-0.3, -0.25) is 0 Å². The van der Waals surface area contributed by atoms with Crippen molar-refractivity contribution >= 4 is 0 Å². The first kappa shape index (κ1) is 9.29. The lowest BCUT2D eigenvalue weighted by Crippen LogP contribution is -2.26. The first-order chi connectivity index (χ1) is 5.77. The topological polar surface area (TPSA) is 37.2 Å². The van der Waals surface area contributed by atoms with Crippen LogP contribution in [-0.4, -0.2) is 20.6 Å². The molecule has 12 heavy (non-hydrogen) atoms. The van der Waals surface area contributed by atoms with Crippen molar-refractivity contribution in [1.82, 2.24) is 10.6 Å². The predicted molar refractivity (Wildman–Crippen MR) is 49.2 cm³/mol. The van der Waals surface area contributed by atoms with Gasteiger partial charge in [0.05, 0.1) is 6.04 Å². The standard InChI is InChI=1S/C9H16N2O/c1-7-4-5-9(12-7)8(11-3)6-10-2/h4-5,8,10-11H,6H2,1-3H3. The molecule has 1 heterocycles. The summed E-state index contributed by atoms with van der Waals surface area (Å²) in [5.74, 6) is 1.95. The minimum Gasteiger partial charge on any atom is -0.465 e. The van der Waals surface area contributed by atoms with Crippen LogP contribution in [0.5, 0.6) is 0 Å². The molecule has 1 unspecified atom stereocenters. The number of likely N-dealkylation sites (N-methyl/N-ethyl adjacent to an activating group) is 2. The van der Waals surface area contributed by atoms with Gasteiger partial charge in [-0.25, -0.2) is 0 Å². The van der Waals surface area contributed by atoms with Crippen molar-refractivity contribution < 1.29 is 4.42 Å². The first-order valence-electron chi connectivity index (χ1n) is 4.16. The molecule has 0 amide bonds. The molecular formula is C9H16N2O. The Bertz CT molecular complexity index is 232. The molecule has 3 nitrogen and oxygen atoms in total. The Labute approximate surface area is 73.2 Å². The number of aryl methyl sites for hydroxylation is 1. The lowest BCUT2D eigenvalue weighted by atomic mass is 10.2. The molecule has 0 radical (unpaired) electrons. The summed E-state index contributed by atoms with van der Waals surface area (Å²) < 4.78 is 5.49. The second-order valence-corrected chi connectivity index (χ2v) is 2.85. The number of nitrogens with one attached hydrogen (secondary N) is 2. The van der Waals surface area contributed by atoms with Gasteiger partial charge in [0.1, 0.15) is 11.5 Å². The van der Waals surface area contributed by atoms with Crippen LogP contribution in [0.1, 0.15) is 17.6 Å². The Kier molecular flexibility index (Phi) is 3.31. The van der Waals surface area contributed by atoms with Crippen LogP contribution in [-0.2, 0) is 0 Å². The molecule has 0 aliphatic carbocycles. The Morgan fingerprint density at radius 3 is 2.58 bits per heavy atom. The summed E-state index contributed by atoms with van der Waals surface area (Å²) in [6.45, 7) is 2.83. The Hall–Kier alpha value is -0.800. The SMILES string of the molecule is CNCC(NC)c1ccc(C)o1. The molecule has 3 heteroatoms. The second kappa shape index (κ2) is 4.28. The fourth-order valence-corrected chi connectivity index (χ4v) is 1.19. The quantitative estimate of drug-likeness (QED) is 0.706. The van der Waals surface area contributed by atoms with Crippen LogP contribution in [0.15, 0.2) is 16.5 Å². The van der Waals surface area contributed by atoms with Gasteiger partial charge in [-0.15, -0.1) is 0 Å². The van der Waals surface area contributed by atoms with Gasteiger partial charge in [-0.2, -0.15) is 0 Å². The van der Waals surface area contributed by atoms with E-state index in [1.165, 1.54) is 0 Å². The van der Waals surface area contributed by atoms with Crippen molar-refractivity contribution in [3.63, 3.8) is 0 Å². The van der Waals surface area contributed by atoms with Crippen molar-refractivity contribution in [2.45, 2.75) is 13.0 Å². The molecule has 0 spiro atoms. The summed E-state index contributed by atoms with van der Waals surface area (Å²) in [6.07, 6.45) is 0. The maximum Gasteiger partial charge on any atom is 0.122 e. The predicted octanol–water partition coefficient (Wildman–Crippen LogP) is 1.07. The van der Waals surface area contributed by atoms with Gasteiger partial charge >= 0.3 is 0 Å². The fraction of sp³-hybridized carbons (Fsp3) is 0.556. The zero-order valence-electron chi connectivity index (χ0n) is 7.85. The van der Waals surface area contributed by atoms with Crippen LogP contribution in [0.2, 0.25) is 0 Å². The van der Waals surface area contributed by atoms with Crippen molar-refractivity contribution in [2.24, 2.45) is 0 Å². The van der Waals surface area contributed by atoms with E-state index in [-0.39, 0.29) is 6.04 Å². The third kappa shape index (κ3) is 2.09. The minimum atomic E-state index is 0.267. The molecule has 68 valence electrons. The lowest BCUT2D eigenvalue weighted by Gasteiger charge is -2.12. The summed E-state index contributed by atoms with van der Waals surface area (Å²) in [5.41, 5.74) is 0. The average Bonchev–Trinajstić information content (AvgIpc) is 2.47. The van der Waals surface area contributed by atoms with Gasteiger partial charge in [0.15, 0.2) is 0 Å². The lowest BCUT2D eigenvalue weighted by molar-refractivity contribution is 0.408. The van der Waals surface area contributed by atoms with Crippen LogP contribution in [0, 0.1) is 6.92 Å². The summed E-state index contributed by atoms with van der Waals surface area (Å²) in [6, 6.07) is 4.26. The molecule has 0 aliphatic heterocycles. The molecular weight excluding hydrogens is 152 g/mol. The van der Waals surface area contributed by atoms with Crippen molar-refractivity contribution in [3.05, 3.63) is 23.7 Å². The Balaban J connectivity index is 2.66. The normalized spacial score (nSPS) is 13.2. The molecule has 1 rings (SSSR count). The van der Waals surface area contributed by atoms with E-state index in [4.69, 9.17) is 4.42 Å². The van der Waals surface area contributed by atoms with E-state index in [0.717, 1.165) is 18.1 Å². The maximum absolute atomic E-state index is 5.49. The summed E-state index contributed by atoms with van der Waals surface area (Å²) in [4.78, 5) is 0. The molecule has 1 atom stereocenters. The molecule has 1 aromatic heterocycles. The molecule has 0 fully saturated rings. The molecule has 1 aromatic rings. The Morgan fingerprint density at radius 1 is 1.42 bits per heavy atom. The largest absolute Gasteiger partial charge is 0.465 e. The highest BCUT2D eigenvalue weighted by Gasteiger charge is 2.10. The van der Waals surface area contributed by atoms with Crippen molar-refractivity contribution in [2.75, 3.05) is 20.6 Å². The number of furan rings is 1. The highest BCUT2D eigenvalue weighted by atomic mass is 16.3. The van der Waals surface area contributed by atoms with Gasteiger partial charge in [0, 0.05) is 6.54 Å². The average molecular weight is 168 g/mol. The second-order valence-electron chi connectivity index (χ2n) is 2.85. The highest BCUT2D eigenvalue weighted by Crippen LogP contribution is 2.14. The number of hydrogen-bond donors (Lipinski definition) is 2. The van der Waals surface area contributed by atoms with Gasteiger partial charge in [-0.1, -0.05) is 0 Å². The van der Waals surface area contributed by atoms with Crippen LogP contribution < -0.4 is 10.6 Å². The number of rotatable bonds is 4. The summed E-state index contributed by atoms with van der Waals surface area (Å²) in [5, 5.41) is 6.28. The van der Waals surface area contributed by atoms with Crippen LogP contribution in [0.25, 0.3) is 0 Å². The van der Waals surface area contributed by atoms with Gasteiger partial charge < -0.3 is 15.1 Å². The van der Waals surface area contributed by atoms with Crippen molar-refractivity contribution in [3.8, 4) is 0 Å². The summed E-state index contributed by atoms with van der Waals surface area (Å²) in [7, 11) is 3.86. The molecule has 2 N–H and O–H groups in total. The van der Waals surface area contributed by atoms with E-state index < -0.39 is 0 Å². The fourth-order valence-electron chi connectivity index (χ4n) is 1.19. The van der Waals surface area contributed by atoms with Gasteiger partial charge in [0.2, 0.25) is 0 Å². The Morgan fingerprint density at radius 2 is 2.17 bits per heavy atom. The molecule has 0 saturated carbocycles. The van der Waals surface area contributed by atoms with E-state index in [1.54, 1.807) is 0 Å². The summed E-state index contributed by atoms with van der Waals surface area (Å²) >= 11 is 0. The third-order valence-electron chi connectivity index (χ3n) is 1.86. The van der Waals surface area contributed by atoms with Crippen LogP contribution in [0.3, 0.4) is 0 Å². The molecule has 0 aliphatic rings. The highest BCUT2D eigenvalue weighted by molar-refractivity contribution is 5.09. The van der Waals surface area contributed by atoms with Gasteiger partial charge in [0.25, 0.3) is 0 Å². The third-order valence-corrected chi connectivity index (χ3v) is 1.86. The monoisotopic (exact) mass is 168 g/mol. The van der Waals surface area contributed by atoms with Crippen LogP contribution in [0.4, 0.5) is 0 Å². The van der Waals surface area contributed by atoms with E-state index in [9.17, 15) is 0 Å². The minimum absolute atomic E-state index is 0.267. The molecule has 0 aromatic carbocycles. The molecule has 0 bridgehead atoms. The molecule has 0 saturated heterocycles. The zero-order chi connectivity index (χ0) is 8.97. The van der Waals surface area contributed by atoms with E-state index >= 15 is 0 Å². The van der Waals surface area contributed by atoms with E-state index in [2.05, 4.69) is 10.6 Å². The smallest absolute Gasteiger partial charge is 0.122 e. The zero-order valence-corrected chi connectivity index (χ0v) is 7.85. The maximum atomic E-state index is 5.49. The van der Waals surface area contributed by atoms with E-state index in [0.29, 0.717) is 0 Å². The van der Waals surface area contributed by atoms with E-state index in [1.807, 2.05) is 33.2 Å². The first-order valence-corrected chi connectivity index (χ1v) is 4.16. The van der Waals surface area contributed by atoms with Crippen molar-refractivity contribution in [1.29, 1.82) is 0 Å². The van der Waals surface area contributed by atoms with Crippen LogP contribution >= 0.6 is 0 Å². The number of hydrogen-bond acceptors (Lipinski definition) is 3. The van der Waals surface area contributed by atoms with Gasteiger partial charge in [-0.05, 0) is 33.2 Å².